The predicted molar refractivity (Wildman–Crippen MR) is 127 cm³/mol. The number of nitrogens with zero attached hydrogens (tertiary/aromatic N) is 4. The van der Waals surface area contributed by atoms with E-state index in [1.54, 1.807) is 42.5 Å². The number of carbonyl (C=O) groups excluding carboxylic acids is 1. The van der Waals surface area contributed by atoms with Gasteiger partial charge in [0, 0.05) is 6.07 Å². The van der Waals surface area contributed by atoms with E-state index < -0.39 is 38.0 Å². The zero-order chi connectivity index (χ0) is 25.3. The highest BCUT2D eigenvalue weighted by Gasteiger charge is 2.33. The molecular weight excluding hydrogens is 474 g/mol. The summed E-state index contributed by atoms with van der Waals surface area (Å²) < 4.78 is 32.7. The molecule has 0 fully saturated rings. The number of nitrogens with one attached hydrogen (secondary N) is 1. The molecule has 0 heterocycles. The molecule has 0 atom stereocenters. The Morgan fingerprint density at radius 2 is 1.74 bits per heavy atom. The summed E-state index contributed by atoms with van der Waals surface area (Å²) in [5.41, 5.74) is 2.42. The van der Waals surface area contributed by atoms with Crippen molar-refractivity contribution in [1.29, 1.82) is 5.26 Å². The van der Waals surface area contributed by atoms with Crippen molar-refractivity contribution in [2.24, 2.45) is 5.10 Å². The Kier molecular flexibility index (Phi) is 8.10. The topological polar surface area (TPSA) is 155 Å². The first kappa shape index (κ1) is 24.9. The molecule has 3 rings (SSSR count). The average molecular weight is 494 g/mol. The minimum absolute atomic E-state index is 0.0869. The molecule has 0 radical (unpaired) electrons. The van der Waals surface area contributed by atoms with Crippen LogP contribution in [-0.4, -0.2) is 38.6 Å². The van der Waals surface area contributed by atoms with Gasteiger partial charge in [-0.25, -0.2) is 13.8 Å². The highest BCUT2D eigenvalue weighted by Crippen LogP contribution is 2.29. The summed E-state index contributed by atoms with van der Waals surface area (Å²) >= 11 is 0. The van der Waals surface area contributed by atoms with Crippen LogP contribution >= 0.6 is 0 Å². The maximum atomic E-state index is 13.4. The summed E-state index contributed by atoms with van der Waals surface area (Å²) in [6.07, 6.45) is 1.34. The summed E-state index contributed by atoms with van der Waals surface area (Å²) in [4.78, 5) is 22.6. The number of hydrogen-bond donors (Lipinski definition) is 1. The molecule has 0 saturated carbocycles. The second kappa shape index (κ2) is 11.4. The molecule has 0 spiro atoms. The first-order valence-corrected chi connectivity index (χ1v) is 11.5. The van der Waals surface area contributed by atoms with Crippen LogP contribution in [0.5, 0.6) is 5.75 Å². The molecule has 0 aromatic heterocycles. The van der Waals surface area contributed by atoms with E-state index >= 15 is 0 Å². The zero-order valence-electron chi connectivity index (χ0n) is 18.1. The third kappa shape index (κ3) is 6.40. The highest BCUT2D eigenvalue weighted by molar-refractivity contribution is 7.93. The van der Waals surface area contributed by atoms with Crippen molar-refractivity contribution in [3.8, 4) is 11.8 Å². The summed E-state index contributed by atoms with van der Waals surface area (Å²) in [6, 6.07) is 21.1. The van der Waals surface area contributed by atoms with Gasteiger partial charge in [0.25, 0.3) is 21.6 Å². The predicted octanol–water partition coefficient (Wildman–Crippen LogP) is 2.84. The molecule has 0 aliphatic carbocycles. The minimum atomic E-state index is -4.47. The fourth-order valence-corrected chi connectivity index (χ4v) is 4.55. The van der Waals surface area contributed by atoms with Crippen molar-refractivity contribution in [2.45, 2.75) is 4.90 Å². The third-order valence-corrected chi connectivity index (χ3v) is 6.37. The Morgan fingerprint density at radius 3 is 2.40 bits per heavy atom. The lowest BCUT2D eigenvalue weighted by Crippen LogP contribution is -2.39. The second-order valence-corrected chi connectivity index (χ2v) is 8.71. The second-order valence-electron chi connectivity index (χ2n) is 6.88. The van der Waals surface area contributed by atoms with Crippen LogP contribution in [0.25, 0.3) is 0 Å². The number of amides is 1. The molecule has 1 N–H and O–H groups in total. The number of rotatable bonds is 10. The summed E-state index contributed by atoms with van der Waals surface area (Å²) in [5, 5.41) is 23.8. The molecular formula is C23H19N5O6S. The van der Waals surface area contributed by atoms with E-state index in [0.717, 1.165) is 16.4 Å². The Labute approximate surface area is 201 Å². The van der Waals surface area contributed by atoms with Crippen molar-refractivity contribution >= 4 is 33.5 Å². The average Bonchev–Trinajstić information content (AvgIpc) is 2.87. The first-order chi connectivity index (χ1) is 16.8. The van der Waals surface area contributed by atoms with E-state index in [4.69, 9.17) is 10.00 Å². The molecule has 3 aromatic rings. The fourth-order valence-electron chi connectivity index (χ4n) is 2.96. The number of nitro benzene ring substituents is 1. The number of nitro groups is 1. The van der Waals surface area contributed by atoms with Gasteiger partial charge in [0.1, 0.15) is 18.4 Å². The van der Waals surface area contributed by atoms with E-state index in [-0.39, 0.29) is 12.3 Å². The van der Waals surface area contributed by atoms with Crippen LogP contribution < -0.4 is 14.5 Å². The van der Waals surface area contributed by atoms with E-state index in [1.807, 2.05) is 6.07 Å². The molecule has 3 aromatic carbocycles. The standard InChI is InChI=1S/C23H19N5O6S/c24-14-15-34-20-12-10-18(11-13-20)16-25-26-23(29)17-27(19-6-2-1-3-7-19)35(32,33)22-9-5-4-8-21(22)28(30)31/h1-13,16H,15,17H2,(H,26,29)/b25-16-. The Hall–Kier alpha value is -4.76. The van der Waals surface area contributed by atoms with E-state index in [9.17, 15) is 23.3 Å². The van der Waals surface area contributed by atoms with Crippen LogP contribution in [0.3, 0.4) is 0 Å². The molecule has 0 unspecified atom stereocenters. The van der Waals surface area contributed by atoms with Gasteiger partial charge in [0.05, 0.1) is 16.8 Å². The maximum absolute atomic E-state index is 13.4. The lowest BCUT2D eigenvalue weighted by Gasteiger charge is -2.23. The van der Waals surface area contributed by atoms with E-state index in [0.29, 0.717) is 11.3 Å². The van der Waals surface area contributed by atoms with Gasteiger partial charge in [-0.2, -0.15) is 10.4 Å². The summed E-state index contributed by atoms with van der Waals surface area (Å²) in [5.74, 6) is -0.271. The van der Waals surface area contributed by atoms with Crippen molar-refractivity contribution in [3.63, 3.8) is 0 Å². The highest BCUT2D eigenvalue weighted by atomic mass is 32.2. The number of sulfonamides is 1. The van der Waals surface area contributed by atoms with Gasteiger partial charge in [0.2, 0.25) is 0 Å². The summed E-state index contributed by atoms with van der Waals surface area (Å²) in [6.45, 7) is -0.757. The first-order valence-electron chi connectivity index (χ1n) is 10.1. The largest absolute Gasteiger partial charge is 0.479 e. The molecule has 178 valence electrons. The van der Waals surface area contributed by atoms with Crippen LogP contribution in [0.2, 0.25) is 0 Å². The van der Waals surface area contributed by atoms with Gasteiger partial charge in [-0.05, 0) is 48.0 Å². The van der Waals surface area contributed by atoms with Gasteiger partial charge in [-0.15, -0.1) is 0 Å². The van der Waals surface area contributed by atoms with Crippen LogP contribution in [0.15, 0.2) is 88.9 Å². The quantitative estimate of drug-likeness (QED) is 0.259. The molecule has 35 heavy (non-hydrogen) atoms. The number of carbonyl (C=O) groups is 1. The maximum Gasteiger partial charge on any atom is 0.289 e. The molecule has 0 bridgehead atoms. The lowest BCUT2D eigenvalue weighted by molar-refractivity contribution is -0.387. The number of hydrazone groups is 1. The van der Waals surface area contributed by atoms with Gasteiger partial charge in [-0.1, -0.05) is 30.3 Å². The SMILES string of the molecule is N#CCOc1ccc(/C=N\NC(=O)CN(c2ccccc2)S(=O)(=O)c2ccccc2[N+](=O)[O-])cc1. The number of para-hydroxylation sites is 2. The number of ether oxygens (including phenoxy) is 1. The number of benzene rings is 3. The van der Waals surface area contributed by atoms with Crippen LogP contribution in [-0.2, 0) is 14.8 Å². The zero-order valence-corrected chi connectivity index (χ0v) is 19.0. The molecule has 1 amide bonds. The molecule has 11 nitrogen and oxygen atoms in total. The number of hydrogen-bond acceptors (Lipinski definition) is 8. The number of nitriles is 1. The van der Waals surface area contributed by atoms with Gasteiger partial charge in [0.15, 0.2) is 11.5 Å². The van der Waals surface area contributed by atoms with Crippen molar-refractivity contribution < 1.29 is 22.9 Å². The van der Waals surface area contributed by atoms with Crippen LogP contribution in [0.4, 0.5) is 11.4 Å². The minimum Gasteiger partial charge on any atom is -0.479 e. The summed E-state index contributed by atoms with van der Waals surface area (Å²) in [7, 11) is -4.47. The Balaban J connectivity index is 1.79. The van der Waals surface area contributed by atoms with Gasteiger partial charge >= 0.3 is 0 Å². The van der Waals surface area contributed by atoms with Gasteiger partial charge in [-0.3, -0.25) is 19.2 Å². The normalized spacial score (nSPS) is 10.9. The van der Waals surface area contributed by atoms with Gasteiger partial charge < -0.3 is 4.74 Å². The molecule has 0 aliphatic heterocycles. The lowest BCUT2D eigenvalue weighted by atomic mass is 10.2. The Bertz CT molecular complexity index is 1370. The van der Waals surface area contributed by atoms with Crippen molar-refractivity contribution in [2.75, 3.05) is 17.5 Å². The van der Waals surface area contributed by atoms with Crippen LogP contribution in [0.1, 0.15) is 5.56 Å². The molecule has 0 saturated heterocycles. The fraction of sp³-hybridized carbons (Fsp3) is 0.0870. The monoisotopic (exact) mass is 493 g/mol. The Morgan fingerprint density at radius 1 is 1.09 bits per heavy atom. The number of anilines is 1. The van der Waals surface area contributed by atoms with Crippen molar-refractivity contribution in [3.05, 3.63) is 94.5 Å². The molecule has 0 aliphatic rings. The molecule has 12 heteroatoms. The van der Waals surface area contributed by atoms with Crippen molar-refractivity contribution in [1.82, 2.24) is 5.43 Å². The smallest absolute Gasteiger partial charge is 0.289 e. The van der Waals surface area contributed by atoms with E-state index in [1.165, 1.54) is 30.5 Å². The van der Waals surface area contributed by atoms with E-state index in [2.05, 4.69) is 10.5 Å². The van der Waals surface area contributed by atoms with Crippen LogP contribution in [0, 0.1) is 21.4 Å². The third-order valence-electron chi connectivity index (χ3n) is 4.55.